The topological polar surface area (TPSA) is 90.3 Å². The van der Waals surface area contributed by atoms with Crippen molar-refractivity contribution >= 4 is 29.3 Å². The lowest BCUT2D eigenvalue weighted by Gasteiger charge is -2.29. The fraction of sp³-hybridized carbons (Fsp3) is 0.433. The standard InChI is InChI=1S/C30H39N5O3S/c1-6-8-19-39-30-33-29-31-21(5)26(28(36)32-24-11-9-10-12-25(24)37-7-2)27(35(29)34-30)22-13-15-23(16-14-22)38-18-17-20(3)4/h9-16,20,27H,6-8,17-19H2,1-5H3,(H,32,36)(H,31,33,34). The van der Waals surface area contributed by atoms with E-state index in [1.165, 1.54) is 0 Å². The van der Waals surface area contributed by atoms with E-state index < -0.39 is 6.04 Å². The first-order valence-corrected chi connectivity index (χ1v) is 14.7. The molecule has 39 heavy (non-hydrogen) atoms. The van der Waals surface area contributed by atoms with E-state index in [0.29, 0.717) is 47.2 Å². The molecule has 0 fully saturated rings. The number of ether oxygens (including phenoxy) is 2. The number of aromatic nitrogens is 3. The van der Waals surface area contributed by atoms with Crippen LogP contribution in [0.25, 0.3) is 0 Å². The van der Waals surface area contributed by atoms with Gasteiger partial charge in [0.1, 0.15) is 17.5 Å². The lowest BCUT2D eigenvalue weighted by Crippen LogP contribution is -2.31. The number of fused-ring (bicyclic) bond motifs is 1. The number of allylic oxidation sites excluding steroid dienone is 1. The van der Waals surface area contributed by atoms with Gasteiger partial charge in [-0.05, 0) is 62.4 Å². The third-order valence-corrected chi connectivity index (χ3v) is 7.33. The Balaban J connectivity index is 1.67. The number of rotatable bonds is 13. The van der Waals surface area contributed by atoms with Crippen molar-refractivity contribution < 1.29 is 14.3 Å². The number of nitrogens with zero attached hydrogens (tertiary/aromatic N) is 3. The fourth-order valence-corrected chi connectivity index (χ4v) is 5.21. The molecule has 1 amide bonds. The van der Waals surface area contributed by atoms with Gasteiger partial charge in [-0.2, -0.15) is 4.98 Å². The van der Waals surface area contributed by atoms with Crippen LogP contribution in [0.3, 0.4) is 0 Å². The summed E-state index contributed by atoms with van der Waals surface area (Å²) in [5, 5.41) is 11.9. The molecule has 0 aliphatic carbocycles. The molecule has 0 saturated carbocycles. The average Bonchev–Trinajstić information content (AvgIpc) is 3.31. The Morgan fingerprint density at radius 2 is 1.90 bits per heavy atom. The molecule has 1 aliphatic heterocycles. The van der Waals surface area contributed by atoms with E-state index in [1.54, 1.807) is 11.8 Å². The molecule has 0 saturated heterocycles. The summed E-state index contributed by atoms with van der Waals surface area (Å²) in [5.74, 6) is 3.36. The van der Waals surface area contributed by atoms with Gasteiger partial charge in [0, 0.05) is 11.4 Å². The van der Waals surface area contributed by atoms with Gasteiger partial charge >= 0.3 is 0 Å². The highest BCUT2D eigenvalue weighted by atomic mass is 32.2. The van der Waals surface area contributed by atoms with Gasteiger partial charge in [0.05, 0.1) is 24.5 Å². The Morgan fingerprint density at radius 3 is 2.62 bits per heavy atom. The molecule has 3 aromatic rings. The molecule has 0 radical (unpaired) electrons. The van der Waals surface area contributed by atoms with Crippen LogP contribution in [-0.2, 0) is 4.79 Å². The predicted molar refractivity (Wildman–Crippen MR) is 158 cm³/mol. The quantitative estimate of drug-likeness (QED) is 0.177. The molecule has 0 bridgehead atoms. The maximum Gasteiger partial charge on any atom is 0.255 e. The Bertz CT molecular complexity index is 1290. The monoisotopic (exact) mass is 549 g/mol. The third kappa shape index (κ3) is 7.15. The summed E-state index contributed by atoms with van der Waals surface area (Å²) < 4.78 is 13.5. The van der Waals surface area contributed by atoms with Crippen LogP contribution in [0.4, 0.5) is 11.6 Å². The number of carbonyl (C=O) groups is 1. The van der Waals surface area contributed by atoms with Crippen molar-refractivity contribution in [1.29, 1.82) is 0 Å². The van der Waals surface area contributed by atoms with Gasteiger partial charge in [0.15, 0.2) is 0 Å². The Kier molecular flexibility index (Phi) is 9.92. The van der Waals surface area contributed by atoms with Crippen molar-refractivity contribution in [2.45, 2.75) is 65.1 Å². The van der Waals surface area contributed by atoms with Crippen molar-refractivity contribution in [3.63, 3.8) is 0 Å². The summed E-state index contributed by atoms with van der Waals surface area (Å²) in [6, 6.07) is 14.9. The molecule has 1 aromatic heterocycles. The third-order valence-electron chi connectivity index (χ3n) is 6.40. The minimum Gasteiger partial charge on any atom is -0.494 e. The summed E-state index contributed by atoms with van der Waals surface area (Å²) in [7, 11) is 0. The Hall–Kier alpha value is -3.46. The smallest absolute Gasteiger partial charge is 0.255 e. The van der Waals surface area contributed by atoms with Gasteiger partial charge in [-0.1, -0.05) is 63.2 Å². The summed E-state index contributed by atoms with van der Waals surface area (Å²) in [4.78, 5) is 18.6. The summed E-state index contributed by atoms with van der Waals surface area (Å²) in [5.41, 5.74) is 2.84. The summed E-state index contributed by atoms with van der Waals surface area (Å²) in [6.45, 7) is 11.5. The highest BCUT2D eigenvalue weighted by molar-refractivity contribution is 7.99. The first-order valence-electron chi connectivity index (χ1n) is 13.7. The number of hydrogen-bond acceptors (Lipinski definition) is 7. The van der Waals surface area contributed by atoms with Crippen LogP contribution in [0.1, 0.15) is 65.5 Å². The second kappa shape index (κ2) is 13.6. The maximum atomic E-state index is 13.9. The molecule has 9 heteroatoms. The summed E-state index contributed by atoms with van der Waals surface area (Å²) >= 11 is 1.63. The van der Waals surface area contributed by atoms with Gasteiger partial charge in [-0.25, -0.2) is 4.68 Å². The number of hydrogen-bond donors (Lipinski definition) is 2. The van der Waals surface area contributed by atoms with Crippen molar-refractivity contribution in [2.24, 2.45) is 5.92 Å². The predicted octanol–water partition coefficient (Wildman–Crippen LogP) is 6.92. The number of thioether (sulfide) groups is 1. The zero-order chi connectivity index (χ0) is 27.8. The Morgan fingerprint density at radius 1 is 1.13 bits per heavy atom. The van der Waals surface area contributed by atoms with Gasteiger partial charge in [-0.15, -0.1) is 5.10 Å². The van der Waals surface area contributed by atoms with Crippen LogP contribution in [-0.4, -0.2) is 39.6 Å². The fourth-order valence-electron chi connectivity index (χ4n) is 4.30. The SMILES string of the molecule is CCCCSc1nc2n(n1)C(c1ccc(OCCC(C)C)cc1)C(C(=O)Nc1ccccc1OCC)=C(C)N2. The number of amides is 1. The minimum atomic E-state index is -0.460. The molecule has 8 nitrogen and oxygen atoms in total. The van der Waals surface area contributed by atoms with Crippen molar-refractivity contribution in [1.82, 2.24) is 14.8 Å². The molecule has 1 atom stereocenters. The van der Waals surface area contributed by atoms with E-state index in [0.717, 1.165) is 42.0 Å². The van der Waals surface area contributed by atoms with Crippen molar-refractivity contribution in [3.8, 4) is 11.5 Å². The highest BCUT2D eigenvalue weighted by Gasteiger charge is 2.34. The molecular formula is C30H39N5O3S. The molecule has 1 aliphatic rings. The van der Waals surface area contributed by atoms with E-state index in [9.17, 15) is 4.79 Å². The van der Waals surface area contributed by atoms with Crippen LogP contribution < -0.4 is 20.1 Å². The van der Waals surface area contributed by atoms with Gasteiger partial charge < -0.3 is 20.1 Å². The number of unbranched alkanes of at least 4 members (excludes halogenated alkanes) is 1. The van der Waals surface area contributed by atoms with E-state index in [1.807, 2.05) is 67.1 Å². The number of para-hydroxylation sites is 2. The van der Waals surface area contributed by atoms with Crippen LogP contribution in [0, 0.1) is 5.92 Å². The number of anilines is 2. The zero-order valence-electron chi connectivity index (χ0n) is 23.5. The zero-order valence-corrected chi connectivity index (χ0v) is 24.3. The number of carbonyl (C=O) groups excluding carboxylic acids is 1. The van der Waals surface area contributed by atoms with E-state index in [2.05, 4.69) is 31.4 Å². The lowest BCUT2D eigenvalue weighted by molar-refractivity contribution is -0.113. The molecule has 2 N–H and O–H groups in total. The molecule has 2 heterocycles. The average molecular weight is 550 g/mol. The Labute approximate surface area is 235 Å². The van der Waals surface area contributed by atoms with E-state index in [4.69, 9.17) is 19.6 Å². The van der Waals surface area contributed by atoms with E-state index in [-0.39, 0.29) is 5.91 Å². The van der Waals surface area contributed by atoms with Crippen LogP contribution in [0.5, 0.6) is 11.5 Å². The number of benzene rings is 2. The molecule has 208 valence electrons. The highest BCUT2D eigenvalue weighted by Crippen LogP contribution is 2.38. The van der Waals surface area contributed by atoms with Gasteiger partial charge in [-0.3, -0.25) is 4.79 Å². The van der Waals surface area contributed by atoms with Crippen molar-refractivity contribution in [3.05, 3.63) is 65.4 Å². The van der Waals surface area contributed by atoms with Crippen LogP contribution in [0.2, 0.25) is 0 Å². The van der Waals surface area contributed by atoms with Gasteiger partial charge in [0.2, 0.25) is 11.1 Å². The normalized spacial score (nSPS) is 14.7. The minimum absolute atomic E-state index is 0.226. The second-order valence-electron chi connectivity index (χ2n) is 9.91. The largest absolute Gasteiger partial charge is 0.494 e. The summed E-state index contributed by atoms with van der Waals surface area (Å²) in [6.07, 6.45) is 3.20. The lowest BCUT2D eigenvalue weighted by atomic mass is 9.95. The van der Waals surface area contributed by atoms with Gasteiger partial charge in [0.25, 0.3) is 5.91 Å². The molecule has 0 spiro atoms. The first-order chi connectivity index (χ1) is 18.9. The molecule has 2 aromatic carbocycles. The maximum absolute atomic E-state index is 13.9. The van der Waals surface area contributed by atoms with Crippen molar-refractivity contribution in [2.75, 3.05) is 29.6 Å². The van der Waals surface area contributed by atoms with Crippen LogP contribution >= 0.6 is 11.8 Å². The molecule has 4 rings (SSSR count). The second-order valence-corrected chi connectivity index (χ2v) is 11.0. The number of nitrogens with one attached hydrogen (secondary N) is 2. The van der Waals surface area contributed by atoms with E-state index >= 15 is 0 Å². The molecule has 1 unspecified atom stereocenters. The first kappa shape index (κ1) is 28.5. The van der Waals surface area contributed by atoms with Crippen LogP contribution in [0.15, 0.2) is 65.0 Å². The molecular weight excluding hydrogens is 510 g/mol.